The molecule has 1 N–H and O–H groups in total. The van der Waals surface area contributed by atoms with Gasteiger partial charge < -0.3 is 19.7 Å². The fraction of sp³-hybridized carbons (Fsp3) is 0.400. The van der Waals surface area contributed by atoms with Gasteiger partial charge in [0.05, 0.1) is 29.4 Å². The summed E-state index contributed by atoms with van der Waals surface area (Å²) in [5.74, 6) is -1.34. The molecule has 0 radical (unpaired) electrons. The first-order chi connectivity index (χ1) is 16.9. The summed E-state index contributed by atoms with van der Waals surface area (Å²) in [6.07, 6.45) is 3.28. The van der Waals surface area contributed by atoms with Crippen molar-refractivity contribution < 1.29 is 28.8 Å². The lowest BCUT2D eigenvalue weighted by molar-refractivity contribution is -0.384. The van der Waals surface area contributed by atoms with E-state index in [0.717, 1.165) is 25.3 Å². The van der Waals surface area contributed by atoms with Gasteiger partial charge in [-0.1, -0.05) is 19.8 Å². The van der Waals surface area contributed by atoms with E-state index in [9.17, 15) is 24.5 Å². The molecule has 1 fully saturated rings. The third-order valence-corrected chi connectivity index (χ3v) is 5.60. The number of non-ortho nitro benzene ring substituents is 1. The number of carbonyl (C=O) groups excluding carboxylic acids is 3. The van der Waals surface area contributed by atoms with Crippen molar-refractivity contribution in [2.24, 2.45) is 0 Å². The highest BCUT2D eigenvalue weighted by molar-refractivity contribution is 6.01. The van der Waals surface area contributed by atoms with Crippen LogP contribution in [0.4, 0.5) is 17.1 Å². The van der Waals surface area contributed by atoms with Gasteiger partial charge in [-0.3, -0.25) is 19.7 Å². The average molecular weight is 484 g/mol. The minimum Gasteiger partial charge on any atom is -0.454 e. The molecule has 1 amide bonds. The highest BCUT2D eigenvalue weighted by atomic mass is 16.6. The highest BCUT2D eigenvalue weighted by Crippen LogP contribution is 2.27. The van der Waals surface area contributed by atoms with Gasteiger partial charge in [-0.15, -0.1) is 0 Å². The van der Waals surface area contributed by atoms with Gasteiger partial charge in [-0.05, 0) is 36.8 Å². The zero-order valence-electron chi connectivity index (χ0n) is 19.7. The Hall–Kier alpha value is -3.79. The molecule has 0 atom stereocenters. The molecule has 1 heterocycles. The van der Waals surface area contributed by atoms with Crippen molar-refractivity contribution >= 4 is 34.7 Å². The zero-order chi connectivity index (χ0) is 25.2. The summed E-state index contributed by atoms with van der Waals surface area (Å²) in [7, 11) is 0. The molecule has 0 spiro atoms. The number of nitrogens with one attached hydrogen (secondary N) is 1. The maximum absolute atomic E-state index is 12.8. The maximum Gasteiger partial charge on any atom is 0.340 e. The van der Waals surface area contributed by atoms with Crippen molar-refractivity contribution in [3.63, 3.8) is 0 Å². The predicted octanol–water partition coefficient (Wildman–Crippen LogP) is 3.99. The van der Waals surface area contributed by atoms with Gasteiger partial charge in [-0.2, -0.15) is 0 Å². The van der Waals surface area contributed by atoms with Gasteiger partial charge in [0, 0.05) is 42.9 Å². The zero-order valence-corrected chi connectivity index (χ0v) is 19.7. The molecule has 1 aliphatic rings. The van der Waals surface area contributed by atoms with Crippen molar-refractivity contribution in [3.8, 4) is 0 Å². The van der Waals surface area contributed by atoms with E-state index in [-0.39, 0.29) is 17.2 Å². The Labute approximate surface area is 203 Å². The summed E-state index contributed by atoms with van der Waals surface area (Å²) in [6.45, 7) is 3.54. The molecule has 0 aromatic heterocycles. The van der Waals surface area contributed by atoms with Crippen LogP contribution in [-0.2, 0) is 14.3 Å². The first-order valence-electron chi connectivity index (χ1n) is 11.6. The number of amides is 1. The Bertz CT molecular complexity index is 1060. The molecular weight excluding hydrogens is 454 g/mol. The number of hydrogen-bond acceptors (Lipinski definition) is 8. The topological polar surface area (TPSA) is 128 Å². The molecule has 35 heavy (non-hydrogen) atoms. The molecule has 0 saturated carbocycles. The number of morpholine rings is 1. The van der Waals surface area contributed by atoms with E-state index < -0.39 is 23.3 Å². The number of hydrogen-bond donors (Lipinski definition) is 1. The molecule has 1 aliphatic heterocycles. The SMILES string of the molecule is CCCCCC(=O)Nc1ccc(C(=O)COC(=O)c2cc([N+](=O)[O-])ccc2N2CCOCC2)cc1. The Morgan fingerprint density at radius 2 is 1.80 bits per heavy atom. The Morgan fingerprint density at radius 1 is 1.09 bits per heavy atom. The second-order valence-electron chi connectivity index (χ2n) is 8.14. The summed E-state index contributed by atoms with van der Waals surface area (Å²) < 4.78 is 10.6. The minimum atomic E-state index is -0.820. The summed E-state index contributed by atoms with van der Waals surface area (Å²) in [4.78, 5) is 49.8. The van der Waals surface area contributed by atoms with Crippen LogP contribution in [0.1, 0.15) is 53.3 Å². The lowest BCUT2D eigenvalue weighted by Gasteiger charge is -2.30. The maximum atomic E-state index is 12.8. The number of benzene rings is 2. The summed E-state index contributed by atoms with van der Waals surface area (Å²) in [5, 5.41) is 14.0. The Morgan fingerprint density at radius 3 is 2.46 bits per heavy atom. The van der Waals surface area contributed by atoms with Gasteiger partial charge in [0.15, 0.2) is 12.4 Å². The normalized spacial score (nSPS) is 13.2. The number of Topliss-reactive ketones (excluding diaryl/α,β-unsaturated/α-hetero) is 1. The molecule has 1 saturated heterocycles. The van der Waals surface area contributed by atoms with Gasteiger partial charge in [0.25, 0.3) is 5.69 Å². The Kier molecular flexibility index (Phi) is 9.31. The van der Waals surface area contributed by atoms with Gasteiger partial charge in [0.2, 0.25) is 5.91 Å². The first-order valence-corrected chi connectivity index (χ1v) is 11.6. The van der Waals surface area contributed by atoms with Crippen LogP contribution in [0.25, 0.3) is 0 Å². The van der Waals surface area contributed by atoms with Gasteiger partial charge in [-0.25, -0.2) is 4.79 Å². The lowest BCUT2D eigenvalue weighted by atomic mass is 10.1. The molecule has 0 aliphatic carbocycles. The highest BCUT2D eigenvalue weighted by Gasteiger charge is 2.23. The summed E-state index contributed by atoms with van der Waals surface area (Å²) in [6, 6.07) is 10.3. The molecule has 10 nitrogen and oxygen atoms in total. The van der Waals surface area contributed by atoms with Crippen molar-refractivity contribution in [3.05, 3.63) is 63.7 Å². The number of unbranched alkanes of at least 4 members (excludes halogenated alkanes) is 2. The second kappa shape index (κ2) is 12.6. The van der Waals surface area contributed by atoms with Crippen LogP contribution in [0, 0.1) is 10.1 Å². The van der Waals surface area contributed by atoms with E-state index in [2.05, 4.69) is 12.2 Å². The number of ketones is 1. The number of esters is 1. The Balaban J connectivity index is 1.62. The van der Waals surface area contributed by atoms with E-state index in [1.165, 1.54) is 12.1 Å². The minimum absolute atomic E-state index is 0.0232. The van der Waals surface area contributed by atoms with Crippen molar-refractivity contribution in [2.45, 2.75) is 32.6 Å². The number of nitrogens with zero attached hydrogens (tertiary/aromatic N) is 2. The predicted molar refractivity (Wildman–Crippen MR) is 130 cm³/mol. The monoisotopic (exact) mass is 483 g/mol. The number of carbonyl (C=O) groups is 3. The van der Waals surface area contributed by atoms with E-state index >= 15 is 0 Å². The van der Waals surface area contributed by atoms with Crippen LogP contribution in [0.3, 0.4) is 0 Å². The number of nitro groups is 1. The van der Waals surface area contributed by atoms with E-state index in [1.807, 2.05) is 4.90 Å². The van der Waals surface area contributed by atoms with Crippen molar-refractivity contribution in [2.75, 3.05) is 43.1 Å². The van der Waals surface area contributed by atoms with Crippen LogP contribution in [-0.4, -0.2) is 55.5 Å². The van der Waals surface area contributed by atoms with E-state index in [1.54, 1.807) is 24.3 Å². The summed E-state index contributed by atoms with van der Waals surface area (Å²) >= 11 is 0. The largest absolute Gasteiger partial charge is 0.454 e. The third-order valence-electron chi connectivity index (χ3n) is 5.60. The van der Waals surface area contributed by atoms with Gasteiger partial charge in [0.1, 0.15) is 0 Å². The van der Waals surface area contributed by atoms with Crippen LogP contribution in [0.5, 0.6) is 0 Å². The lowest BCUT2D eigenvalue weighted by Crippen LogP contribution is -2.37. The fourth-order valence-electron chi connectivity index (χ4n) is 3.67. The molecule has 3 rings (SSSR count). The number of rotatable bonds is 11. The van der Waals surface area contributed by atoms with Crippen molar-refractivity contribution in [1.82, 2.24) is 0 Å². The quantitative estimate of drug-likeness (QED) is 0.167. The molecule has 0 unspecified atom stereocenters. The summed E-state index contributed by atoms with van der Waals surface area (Å²) in [5.41, 5.74) is 1.17. The molecule has 10 heteroatoms. The molecule has 2 aromatic rings. The fourth-order valence-corrected chi connectivity index (χ4v) is 3.67. The molecule has 0 bridgehead atoms. The van der Waals surface area contributed by atoms with Crippen LogP contribution < -0.4 is 10.2 Å². The number of nitro benzene ring substituents is 1. The first kappa shape index (κ1) is 25.8. The van der Waals surface area contributed by atoms with Crippen LogP contribution >= 0.6 is 0 Å². The van der Waals surface area contributed by atoms with Gasteiger partial charge >= 0.3 is 5.97 Å². The standard InChI is InChI=1S/C25H29N3O7/c1-2-3-4-5-24(30)26-19-8-6-18(7-9-19)23(29)17-35-25(31)21-16-20(28(32)33)10-11-22(21)27-12-14-34-15-13-27/h6-11,16H,2-5,12-15,17H2,1H3,(H,26,30). The van der Waals surface area contributed by atoms with E-state index in [0.29, 0.717) is 49.7 Å². The van der Waals surface area contributed by atoms with Crippen molar-refractivity contribution in [1.29, 1.82) is 0 Å². The second-order valence-corrected chi connectivity index (χ2v) is 8.14. The van der Waals surface area contributed by atoms with Crippen LogP contribution in [0.15, 0.2) is 42.5 Å². The molecule has 186 valence electrons. The van der Waals surface area contributed by atoms with Crippen LogP contribution in [0.2, 0.25) is 0 Å². The smallest absolute Gasteiger partial charge is 0.340 e. The molecular formula is C25H29N3O7. The molecule has 2 aromatic carbocycles. The third kappa shape index (κ3) is 7.35. The number of ether oxygens (including phenoxy) is 2. The van der Waals surface area contributed by atoms with E-state index in [4.69, 9.17) is 9.47 Å². The average Bonchev–Trinajstić information content (AvgIpc) is 2.87. The number of anilines is 2.